The van der Waals surface area contributed by atoms with Gasteiger partial charge in [-0.1, -0.05) is 23.7 Å². The second-order valence-corrected chi connectivity index (χ2v) is 4.46. The second kappa shape index (κ2) is 6.37. The smallest absolute Gasteiger partial charge is 0.305 e. The number of carbonyl (C=O) groups is 2. The number of hydrogen-bond acceptors (Lipinski definition) is 3. The lowest BCUT2D eigenvalue weighted by Crippen LogP contribution is -2.42. The van der Waals surface area contributed by atoms with E-state index in [4.69, 9.17) is 22.4 Å². The standard InChI is InChI=1S/C12H15ClN2O3/c1-15(12(18)10(14)6-11(16)17)7-8-2-4-9(13)5-3-8/h2-5,10H,6-7,14H2,1H3,(H,16,17). The summed E-state index contributed by atoms with van der Waals surface area (Å²) in [6.45, 7) is 0.364. The summed E-state index contributed by atoms with van der Waals surface area (Å²) in [6, 6.07) is 6.04. The number of carboxylic acid groups (broad SMARTS) is 1. The minimum atomic E-state index is -1.09. The summed E-state index contributed by atoms with van der Waals surface area (Å²) in [7, 11) is 1.58. The van der Waals surface area contributed by atoms with Crippen molar-refractivity contribution in [2.24, 2.45) is 5.73 Å². The van der Waals surface area contributed by atoms with Crippen LogP contribution in [-0.4, -0.2) is 35.0 Å². The maximum atomic E-state index is 11.8. The van der Waals surface area contributed by atoms with Gasteiger partial charge in [0.25, 0.3) is 0 Å². The van der Waals surface area contributed by atoms with Crippen molar-refractivity contribution in [3.63, 3.8) is 0 Å². The first-order chi connectivity index (χ1) is 8.40. The van der Waals surface area contributed by atoms with Crippen molar-refractivity contribution in [1.29, 1.82) is 0 Å². The van der Waals surface area contributed by atoms with Gasteiger partial charge in [0.05, 0.1) is 12.5 Å². The quantitative estimate of drug-likeness (QED) is 0.839. The molecule has 1 unspecified atom stereocenters. The molecule has 6 heteroatoms. The van der Waals surface area contributed by atoms with E-state index in [9.17, 15) is 9.59 Å². The van der Waals surface area contributed by atoms with E-state index < -0.39 is 17.9 Å². The van der Waals surface area contributed by atoms with Crippen LogP contribution in [0.25, 0.3) is 0 Å². The van der Waals surface area contributed by atoms with E-state index >= 15 is 0 Å². The van der Waals surface area contributed by atoms with Gasteiger partial charge >= 0.3 is 5.97 Å². The molecule has 0 fully saturated rings. The van der Waals surface area contributed by atoms with Crippen LogP contribution in [-0.2, 0) is 16.1 Å². The van der Waals surface area contributed by atoms with E-state index in [1.54, 1.807) is 31.3 Å². The molecule has 0 saturated carbocycles. The van der Waals surface area contributed by atoms with E-state index in [2.05, 4.69) is 0 Å². The molecular formula is C12H15ClN2O3. The SMILES string of the molecule is CN(Cc1ccc(Cl)cc1)C(=O)C(N)CC(=O)O. The highest BCUT2D eigenvalue weighted by atomic mass is 35.5. The summed E-state index contributed by atoms with van der Waals surface area (Å²) in [6.07, 6.45) is -0.371. The number of aliphatic carboxylic acids is 1. The lowest BCUT2D eigenvalue weighted by Gasteiger charge is -2.20. The number of nitrogens with zero attached hydrogens (tertiary/aromatic N) is 1. The summed E-state index contributed by atoms with van der Waals surface area (Å²) in [5.74, 6) is -1.48. The highest BCUT2D eigenvalue weighted by Gasteiger charge is 2.20. The van der Waals surface area contributed by atoms with E-state index in [1.807, 2.05) is 0 Å². The van der Waals surface area contributed by atoms with Crippen molar-refractivity contribution in [3.8, 4) is 0 Å². The normalized spacial score (nSPS) is 11.9. The molecule has 18 heavy (non-hydrogen) atoms. The summed E-state index contributed by atoms with van der Waals surface area (Å²) in [5, 5.41) is 9.19. The number of likely N-dealkylation sites (N-methyl/N-ethyl adjacent to an activating group) is 1. The third-order valence-corrected chi connectivity index (χ3v) is 2.67. The zero-order chi connectivity index (χ0) is 13.7. The molecule has 98 valence electrons. The van der Waals surface area contributed by atoms with Crippen LogP contribution in [0.5, 0.6) is 0 Å². The molecule has 0 heterocycles. The predicted molar refractivity (Wildman–Crippen MR) is 68.2 cm³/mol. The minimum Gasteiger partial charge on any atom is -0.481 e. The zero-order valence-corrected chi connectivity index (χ0v) is 10.7. The van der Waals surface area contributed by atoms with Crippen LogP contribution >= 0.6 is 11.6 Å². The van der Waals surface area contributed by atoms with E-state index in [0.717, 1.165) is 5.56 Å². The van der Waals surface area contributed by atoms with Gasteiger partial charge in [0.15, 0.2) is 0 Å². The van der Waals surface area contributed by atoms with E-state index in [1.165, 1.54) is 4.90 Å². The number of halogens is 1. The van der Waals surface area contributed by atoms with Gasteiger partial charge in [-0.15, -0.1) is 0 Å². The number of carbonyl (C=O) groups excluding carboxylic acids is 1. The Morgan fingerprint density at radius 3 is 2.44 bits per heavy atom. The van der Waals surface area contributed by atoms with Crippen LogP contribution in [0.3, 0.4) is 0 Å². The van der Waals surface area contributed by atoms with Crippen molar-refractivity contribution in [3.05, 3.63) is 34.9 Å². The fraction of sp³-hybridized carbons (Fsp3) is 0.333. The van der Waals surface area contributed by atoms with E-state index in [0.29, 0.717) is 11.6 Å². The molecule has 0 aliphatic carbocycles. The number of rotatable bonds is 5. The van der Waals surface area contributed by atoms with Crippen molar-refractivity contribution in [2.45, 2.75) is 19.0 Å². The molecule has 0 aromatic heterocycles. The van der Waals surface area contributed by atoms with Crippen molar-refractivity contribution in [2.75, 3.05) is 7.05 Å². The fourth-order valence-electron chi connectivity index (χ4n) is 1.50. The lowest BCUT2D eigenvalue weighted by atomic mass is 10.1. The molecule has 0 aliphatic rings. The Labute approximate surface area is 110 Å². The van der Waals surface area contributed by atoms with Gasteiger partial charge in [0.1, 0.15) is 0 Å². The highest BCUT2D eigenvalue weighted by Crippen LogP contribution is 2.11. The lowest BCUT2D eigenvalue weighted by molar-refractivity contribution is -0.141. The Balaban J connectivity index is 2.59. The summed E-state index contributed by atoms with van der Waals surface area (Å²) in [5.41, 5.74) is 6.40. The van der Waals surface area contributed by atoms with Crippen molar-refractivity contribution in [1.82, 2.24) is 4.90 Å². The molecule has 5 nitrogen and oxygen atoms in total. The molecule has 1 atom stereocenters. The van der Waals surface area contributed by atoms with E-state index in [-0.39, 0.29) is 6.42 Å². The van der Waals surface area contributed by atoms with Crippen LogP contribution in [0, 0.1) is 0 Å². The van der Waals surface area contributed by atoms with Gasteiger partial charge in [0.2, 0.25) is 5.91 Å². The topological polar surface area (TPSA) is 83.6 Å². The monoisotopic (exact) mass is 270 g/mol. The molecule has 1 rings (SSSR count). The predicted octanol–water partition coefficient (Wildman–Crippen LogP) is 1.10. The molecule has 0 spiro atoms. The highest BCUT2D eigenvalue weighted by molar-refractivity contribution is 6.30. The third-order valence-electron chi connectivity index (χ3n) is 2.42. The van der Waals surface area contributed by atoms with Crippen LogP contribution in [0.2, 0.25) is 5.02 Å². The molecular weight excluding hydrogens is 256 g/mol. The van der Waals surface area contributed by atoms with Gasteiger partial charge in [-0.2, -0.15) is 0 Å². The maximum Gasteiger partial charge on any atom is 0.305 e. The third kappa shape index (κ3) is 4.35. The van der Waals surface area contributed by atoms with Crippen LogP contribution < -0.4 is 5.73 Å². The minimum absolute atomic E-state index is 0.364. The first-order valence-electron chi connectivity index (χ1n) is 5.37. The van der Waals surface area contributed by atoms with Crippen molar-refractivity contribution < 1.29 is 14.7 Å². The average Bonchev–Trinajstić information content (AvgIpc) is 2.30. The largest absolute Gasteiger partial charge is 0.481 e. The van der Waals surface area contributed by atoms with Gasteiger partial charge in [0, 0.05) is 18.6 Å². The summed E-state index contributed by atoms with van der Waals surface area (Å²) in [4.78, 5) is 23.6. The Morgan fingerprint density at radius 2 is 1.94 bits per heavy atom. The summed E-state index contributed by atoms with van der Waals surface area (Å²) < 4.78 is 0. The Kier molecular flexibility index (Phi) is 5.12. The van der Waals surface area contributed by atoms with Crippen molar-refractivity contribution >= 4 is 23.5 Å². The Morgan fingerprint density at radius 1 is 1.39 bits per heavy atom. The Bertz CT molecular complexity index is 433. The molecule has 1 amide bonds. The average molecular weight is 271 g/mol. The van der Waals surface area contributed by atoms with Gasteiger partial charge in [-0.05, 0) is 17.7 Å². The molecule has 3 N–H and O–H groups in total. The van der Waals surface area contributed by atoms with Crippen LogP contribution in [0.15, 0.2) is 24.3 Å². The number of benzene rings is 1. The molecule has 0 saturated heterocycles. The number of carboxylic acids is 1. The molecule has 0 aliphatic heterocycles. The van der Waals surface area contributed by atoms with Gasteiger partial charge < -0.3 is 15.7 Å². The maximum absolute atomic E-state index is 11.8. The molecule has 0 bridgehead atoms. The van der Waals surface area contributed by atoms with Gasteiger partial charge in [-0.25, -0.2) is 0 Å². The molecule has 1 aromatic rings. The van der Waals surface area contributed by atoms with Crippen LogP contribution in [0.1, 0.15) is 12.0 Å². The summed E-state index contributed by atoms with van der Waals surface area (Å²) >= 11 is 5.75. The first-order valence-corrected chi connectivity index (χ1v) is 5.74. The number of nitrogens with two attached hydrogens (primary N) is 1. The zero-order valence-electron chi connectivity index (χ0n) is 9.97. The molecule has 0 radical (unpaired) electrons. The number of hydrogen-bond donors (Lipinski definition) is 2. The number of amides is 1. The fourth-order valence-corrected chi connectivity index (χ4v) is 1.63. The van der Waals surface area contributed by atoms with Crippen LogP contribution in [0.4, 0.5) is 0 Å². The Hall–Kier alpha value is -1.59. The molecule has 1 aromatic carbocycles. The van der Waals surface area contributed by atoms with Gasteiger partial charge in [-0.3, -0.25) is 9.59 Å². The first kappa shape index (κ1) is 14.5. The second-order valence-electron chi connectivity index (χ2n) is 4.03.